The third-order valence-electron chi connectivity index (χ3n) is 4.75. The van der Waals surface area contributed by atoms with Gasteiger partial charge >= 0.3 is 11.9 Å². The number of nitrogens with zero attached hydrogens (tertiary/aromatic N) is 2. The van der Waals surface area contributed by atoms with Gasteiger partial charge in [-0.15, -0.1) is 0 Å². The van der Waals surface area contributed by atoms with Crippen LogP contribution in [0.2, 0.25) is 0 Å². The van der Waals surface area contributed by atoms with Gasteiger partial charge in [0.25, 0.3) is 0 Å². The summed E-state index contributed by atoms with van der Waals surface area (Å²) >= 11 is 0. The number of hydrogen-bond acceptors (Lipinski definition) is 6. The van der Waals surface area contributed by atoms with E-state index >= 15 is 0 Å². The minimum atomic E-state index is -1.19. The van der Waals surface area contributed by atoms with E-state index in [4.69, 9.17) is 14.7 Å². The summed E-state index contributed by atoms with van der Waals surface area (Å²) in [4.78, 5) is 28.5. The molecule has 152 valence electrons. The maximum atomic E-state index is 12.3. The fourth-order valence-corrected chi connectivity index (χ4v) is 2.50. The number of aromatic nitrogens is 1. The molecule has 2 rings (SSSR count). The number of aryl methyl sites for hydroxylation is 1. The molecule has 0 saturated heterocycles. The normalized spacial score (nSPS) is 12.5. The number of pyridine rings is 1. The standard InChI is InChI=1S/C23H26N2O4/c1-4-6-7-8-17-9-14-20(25-15-17)21(26)28-18-10-12-19(13-11-18)29-22(27)23(3,5-2)16-24/h9-15H,4-8H2,1-3H3. The summed E-state index contributed by atoms with van der Waals surface area (Å²) in [6.07, 6.45) is 6.43. The number of carbonyl (C=O) groups is 2. The zero-order chi connectivity index (χ0) is 21.3. The molecule has 1 aromatic carbocycles. The minimum Gasteiger partial charge on any atom is -0.425 e. The van der Waals surface area contributed by atoms with E-state index in [9.17, 15) is 9.59 Å². The highest BCUT2D eigenvalue weighted by Gasteiger charge is 2.33. The Labute approximate surface area is 171 Å². The molecule has 0 aliphatic rings. The molecule has 1 heterocycles. The van der Waals surface area contributed by atoms with E-state index in [1.54, 1.807) is 19.2 Å². The van der Waals surface area contributed by atoms with E-state index < -0.39 is 17.4 Å². The maximum Gasteiger partial charge on any atom is 0.362 e. The van der Waals surface area contributed by atoms with E-state index in [1.807, 2.05) is 12.1 Å². The maximum absolute atomic E-state index is 12.3. The monoisotopic (exact) mass is 394 g/mol. The Morgan fingerprint density at radius 2 is 1.69 bits per heavy atom. The summed E-state index contributed by atoms with van der Waals surface area (Å²) in [7, 11) is 0. The number of carbonyl (C=O) groups excluding carboxylic acids is 2. The molecular formula is C23H26N2O4. The van der Waals surface area contributed by atoms with Crippen molar-refractivity contribution < 1.29 is 19.1 Å². The average Bonchev–Trinajstić information content (AvgIpc) is 2.75. The first-order valence-electron chi connectivity index (χ1n) is 9.82. The van der Waals surface area contributed by atoms with Crippen molar-refractivity contribution in [2.75, 3.05) is 0 Å². The number of nitriles is 1. The van der Waals surface area contributed by atoms with E-state index in [-0.39, 0.29) is 11.4 Å². The lowest BCUT2D eigenvalue weighted by atomic mass is 9.90. The van der Waals surface area contributed by atoms with Gasteiger partial charge in [0.2, 0.25) is 0 Å². The molecule has 0 aliphatic heterocycles. The first-order chi connectivity index (χ1) is 13.9. The molecule has 29 heavy (non-hydrogen) atoms. The molecule has 1 atom stereocenters. The summed E-state index contributed by atoms with van der Waals surface area (Å²) in [6.45, 7) is 5.44. The summed E-state index contributed by atoms with van der Waals surface area (Å²) in [5.74, 6) is -0.588. The second-order valence-electron chi connectivity index (χ2n) is 7.06. The number of unbranched alkanes of at least 4 members (excludes halogenated alkanes) is 2. The van der Waals surface area contributed by atoms with Gasteiger partial charge < -0.3 is 9.47 Å². The molecule has 0 radical (unpaired) electrons. The molecule has 0 amide bonds. The molecule has 2 aromatic rings. The molecule has 0 aliphatic carbocycles. The van der Waals surface area contributed by atoms with Crippen LogP contribution in [0.4, 0.5) is 0 Å². The van der Waals surface area contributed by atoms with E-state index in [2.05, 4.69) is 11.9 Å². The van der Waals surface area contributed by atoms with Gasteiger partial charge in [-0.1, -0.05) is 32.8 Å². The Hall–Kier alpha value is -3.20. The van der Waals surface area contributed by atoms with Crippen LogP contribution >= 0.6 is 0 Å². The number of hydrogen-bond donors (Lipinski definition) is 0. The first-order valence-corrected chi connectivity index (χ1v) is 9.82. The number of rotatable bonds is 9. The molecule has 0 saturated carbocycles. The van der Waals surface area contributed by atoms with Crippen LogP contribution in [-0.2, 0) is 11.2 Å². The van der Waals surface area contributed by atoms with Crippen molar-refractivity contribution in [3.8, 4) is 17.6 Å². The highest BCUT2D eigenvalue weighted by Crippen LogP contribution is 2.25. The minimum absolute atomic E-state index is 0.229. The Morgan fingerprint density at radius 3 is 2.21 bits per heavy atom. The van der Waals surface area contributed by atoms with Crippen LogP contribution in [0, 0.1) is 16.7 Å². The third-order valence-corrected chi connectivity index (χ3v) is 4.75. The summed E-state index contributed by atoms with van der Waals surface area (Å²) < 4.78 is 10.6. The molecule has 0 spiro atoms. The fraction of sp³-hybridized carbons (Fsp3) is 0.391. The van der Waals surface area contributed by atoms with Crippen LogP contribution in [0.1, 0.15) is 62.5 Å². The van der Waals surface area contributed by atoms with Crippen molar-refractivity contribution in [3.05, 3.63) is 53.9 Å². The van der Waals surface area contributed by atoms with E-state index in [0.717, 1.165) is 24.8 Å². The average molecular weight is 394 g/mol. The van der Waals surface area contributed by atoms with E-state index in [1.165, 1.54) is 37.6 Å². The van der Waals surface area contributed by atoms with Crippen LogP contribution < -0.4 is 9.47 Å². The van der Waals surface area contributed by atoms with Crippen LogP contribution in [-0.4, -0.2) is 16.9 Å². The molecule has 6 heteroatoms. The third kappa shape index (κ3) is 6.15. The van der Waals surface area contributed by atoms with Crippen molar-refractivity contribution in [1.82, 2.24) is 4.98 Å². The summed E-state index contributed by atoms with van der Waals surface area (Å²) in [6, 6.07) is 11.6. The van der Waals surface area contributed by atoms with Gasteiger partial charge in [0.1, 0.15) is 17.2 Å². The van der Waals surface area contributed by atoms with Crippen molar-refractivity contribution in [3.63, 3.8) is 0 Å². The van der Waals surface area contributed by atoms with Crippen LogP contribution in [0.3, 0.4) is 0 Å². The number of esters is 2. The smallest absolute Gasteiger partial charge is 0.362 e. The quantitative estimate of drug-likeness (QED) is 0.342. The molecule has 0 bridgehead atoms. The largest absolute Gasteiger partial charge is 0.425 e. The Balaban J connectivity index is 1.94. The second kappa shape index (κ2) is 10.4. The van der Waals surface area contributed by atoms with Gasteiger partial charge in [0, 0.05) is 6.20 Å². The summed E-state index contributed by atoms with van der Waals surface area (Å²) in [5.41, 5.74) is 0.129. The molecule has 6 nitrogen and oxygen atoms in total. The van der Waals surface area contributed by atoms with E-state index in [0.29, 0.717) is 12.2 Å². The van der Waals surface area contributed by atoms with Gasteiger partial charge in [0.05, 0.1) is 6.07 Å². The fourth-order valence-electron chi connectivity index (χ4n) is 2.50. The topological polar surface area (TPSA) is 89.3 Å². The van der Waals surface area contributed by atoms with Gasteiger partial charge in [-0.2, -0.15) is 5.26 Å². The molecule has 1 aromatic heterocycles. The van der Waals surface area contributed by atoms with Gasteiger partial charge in [-0.25, -0.2) is 14.6 Å². The van der Waals surface area contributed by atoms with Crippen LogP contribution in [0.15, 0.2) is 42.6 Å². The van der Waals surface area contributed by atoms with Crippen molar-refractivity contribution in [2.24, 2.45) is 5.41 Å². The summed E-state index contributed by atoms with van der Waals surface area (Å²) in [5, 5.41) is 9.14. The highest BCUT2D eigenvalue weighted by molar-refractivity contribution is 5.89. The predicted molar refractivity (Wildman–Crippen MR) is 109 cm³/mol. The SMILES string of the molecule is CCCCCc1ccc(C(=O)Oc2ccc(OC(=O)C(C)(C#N)CC)cc2)nc1. The molecule has 1 unspecified atom stereocenters. The lowest BCUT2D eigenvalue weighted by Crippen LogP contribution is -2.29. The second-order valence-corrected chi connectivity index (χ2v) is 7.06. The lowest BCUT2D eigenvalue weighted by Gasteiger charge is -2.17. The highest BCUT2D eigenvalue weighted by atomic mass is 16.5. The molecule has 0 fully saturated rings. The zero-order valence-corrected chi connectivity index (χ0v) is 17.1. The van der Waals surface area contributed by atoms with Crippen LogP contribution in [0.5, 0.6) is 11.5 Å². The van der Waals surface area contributed by atoms with Gasteiger partial charge in [0.15, 0.2) is 5.41 Å². The Kier molecular flexibility index (Phi) is 7.90. The zero-order valence-electron chi connectivity index (χ0n) is 17.1. The first kappa shape index (κ1) is 22.1. The number of benzene rings is 1. The number of ether oxygens (including phenoxy) is 2. The Morgan fingerprint density at radius 1 is 1.03 bits per heavy atom. The molecule has 0 N–H and O–H groups in total. The van der Waals surface area contributed by atoms with Gasteiger partial charge in [-0.05, 0) is 62.1 Å². The lowest BCUT2D eigenvalue weighted by molar-refractivity contribution is -0.141. The van der Waals surface area contributed by atoms with Crippen molar-refractivity contribution in [1.29, 1.82) is 5.26 Å². The Bertz CT molecular complexity index is 869. The molecular weight excluding hydrogens is 368 g/mol. The predicted octanol–water partition coefficient (Wildman–Crippen LogP) is 4.88. The van der Waals surface area contributed by atoms with Crippen LogP contribution in [0.25, 0.3) is 0 Å². The van der Waals surface area contributed by atoms with Crippen molar-refractivity contribution in [2.45, 2.75) is 52.9 Å². The van der Waals surface area contributed by atoms with Crippen molar-refractivity contribution >= 4 is 11.9 Å². The van der Waals surface area contributed by atoms with Gasteiger partial charge in [-0.3, -0.25) is 0 Å².